The summed E-state index contributed by atoms with van der Waals surface area (Å²) >= 11 is 0. The Morgan fingerprint density at radius 1 is 1.26 bits per heavy atom. The molecule has 0 bridgehead atoms. The van der Waals surface area contributed by atoms with Crippen LogP contribution in [-0.2, 0) is 10.0 Å². The third-order valence-corrected chi connectivity index (χ3v) is 5.34. The molecule has 0 amide bonds. The van der Waals surface area contributed by atoms with Gasteiger partial charge < -0.3 is 5.32 Å². The molecule has 1 heterocycles. The van der Waals surface area contributed by atoms with E-state index in [0.29, 0.717) is 4.90 Å². The lowest BCUT2D eigenvalue weighted by molar-refractivity contribution is 0.349. The molecule has 1 fully saturated rings. The molecule has 2 rings (SSSR count). The summed E-state index contributed by atoms with van der Waals surface area (Å²) < 4.78 is 27.6. The summed E-state index contributed by atoms with van der Waals surface area (Å²) in [4.78, 5) is 0.355. The van der Waals surface area contributed by atoms with Gasteiger partial charge in [0.25, 0.3) is 0 Å². The van der Waals surface area contributed by atoms with Gasteiger partial charge in [-0.1, -0.05) is 6.07 Å². The van der Waals surface area contributed by atoms with Gasteiger partial charge in [-0.15, -0.1) is 0 Å². The van der Waals surface area contributed by atoms with E-state index in [0.717, 1.165) is 30.5 Å². The number of piperidine rings is 1. The molecule has 5 heteroatoms. The highest BCUT2D eigenvalue weighted by molar-refractivity contribution is 7.89. The van der Waals surface area contributed by atoms with Crippen molar-refractivity contribution in [1.29, 1.82) is 0 Å². The molecule has 1 aromatic carbocycles. The van der Waals surface area contributed by atoms with Crippen LogP contribution in [0.25, 0.3) is 0 Å². The fourth-order valence-electron chi connectivity index (χ4n) is 2.35. The summed E-state index contributed by atoms with van der Waals surface area (Å²) in [7, 11) is -3.42. The molecular weight excluding hydrogens is 260 g/mol. The Morgan fingerprint density at radius 3 is 2.63 bits per heavy atom. The topological polar surface area (TPSA) is 58.2 Å². The number of hydrogen-bond acceptors (Lipinski definition) is 3. The average Bonchev–Trinajstić information content (AvgIpc) is 2.35. The third kappa shape index (κ3) is 3.35. The molecule has 19 heavy (non-hydrogen) atoms. The Bertz CT molecular complexity index is 555. The van der Waals surface area contributed by atoms with Gasteiger partial charge in [-0.2, -0.15) is 0 Å². The summed E-state index contributed by atoms with van der Waals surface area (Å²) in [5, 5.41) is 3.30. The lowest BCUT2D eigenvalue weighted by Crippen LogP contribution is -2.51. The van der Waals surface area contributed by atoms with Gasteiger partial charge >= 0.3 is 0 Å². The van der Waals surface area contributed by atoms with Crippen molar-refractivity contribution in [3.8, 4) is 0 Å². The van der Waals surface area contributed by atoms with Gasteiger partial charge in [0.1, 0.15) is 0 Å². The molecule has 106 valence electrons. The van der Waals surface area contributed by atoms with E-state index in [1.54, 1.807) is 12.1 Å². The number of sulfonamides is 1. The van der Waals surface area contributed by atoms with E-state index in [9.17, 15) is 8.42 Å². The maximum atomic E-state index is 12.4. The van der Waals surface area contributed by atoms with Crippen LogP contribution in [-0.4, -0.2) is 27.0 Å². The summed E-state index contributed by atoms with van der Waals surface area (Å²) in [5.41, 5.74) is 2.10. The Kier molecular flexibility index (Phi) is 4.28. The van der Waals surface area contributed by atoms with E-state index < -0.39 is 10.0 Å². The molecule has 2 N–H and O–H groups in total. The van der Waals surface area contributed by atoms with Crippen LogP contribution in [0.4, 0.5) is 0 Å². The molecule has 0 saturated carbocycles. The number of nitrogens with one attached hydrogen (secondary N) is 2. The zero-order valence-electron chi connectivity index (χ0n) is 11.7. The minimum atomic E-state index is -3.42. The van der Waals surface area contributed by atoms with Crippen molar-refractivity contribution in [2.45, 2.75) is 50.6 Å². The summed E-state index contributed by atoms with van der Waals surface area (Å²) in [6.07, 6.45) is 1.89. The molecule has 0 aromatic heterocycles. The maximum absolute atomic E-state index is 12.4. The fraction of sp³-hybridized carbons (Fsp3) is 0.571. The molecule has 0 unspecified atom stereocenters. The second kappa shape index (κ2) is 5.61. The zero-order chi connectivity index (χ0) is 14.0. The van der Waals surface area contributed by atoms with Crippen LogP contribution >= 0.6 is 0 Å². The highest BCUT2D eigenvalue weighted by Crippen LogP contribution is 2.17. The van der Waals surface area contributed by atoms with Crippen molar-refractivity contribution in [1.82, 2.24) is 10.0 Å². The summed E-state index contributed by atoms with van der Waals surface area (Å²) in [6.45, 7) is 6.89. The van der Waals surface area contributed by atoms with Crippen LogP contribution in [0.3, 0.4) is 0 Å². The summed E-state index contributed by atoms with van der Waals surface area (Å²) in [6, 6.07) is 5.41. The Hall–Kier alpha value is -0.910. The number of aryl methyl sites for hydroxylation is 2. The average molecular weight is 282 g/mol. The molecular formula is C14H22N2O2S. The predicted octanol–water partition coefficient (Wildman–Crippen LogP) is 1.72. The van der Waals surface area contributed by atoms with Gasteiger partial charge in [0.2, 0.25) is 10.0 Å². The van der Waals surface area contributed by atoms with Gasteiger partial charge in [-0.25, -0.2) is 13.1 Å². The van der Waals surface area contributed by atoms with E-state index in [1.165, 1.54) is 0 Å². The van der Waals surface area contributed by atoms with E-state index in [2.05, 4.69) is 10.0 Å². The van der Waals surface area contributed by atoms with Gasteiger partial charge in [-0.05, 0) is 63.4 Å². The number of benzene rings is 1. The molecule has 0 radical (unpaired) electrons. The van der Waals surface area contributed by atoms with Crippen molar-refractivity contribution >= 4 is 10.0 Å². The largest absolute Gasteiger partial charge is 0.313 e. The van der Waals surface area contributed by atoms with E-state index >= 15 is 0 Å². The molecule has 1 aromatic rings. The Balaban J connectivity index is 2.19. The van der Waals surface area contributed by atoms with Crippen molar-refractivity contribution in [2.24, 2.45) is 0 Å². The van der Waals surface area contributed by atoms with Gasteiger partial charge in [0, 0.05) is 12.1 Å². The third-order valence-electron chi connectivity index (χ3n) is 3.86. The van der Waals surface area contributed by atoms with Gasteiger partial charge in [-0.3, -0.25) is 0 Å². The molecule has 0 aliphatic carbocycles. The van der Waals surface area contributed by atoms with Crippen LogP contribution in [0, 0.1) is 13.8 Å². The predicted molar refractivity (Wildman–Crippen MR) is 76.7 cm³/mol. The second-order valence-electron chi connectivity index (χ2n) is 5.36. The monoisotopic (exact) mass is 282 g/mol. The molecule has 0 spiro atoms. The van der Waals surface area contributed by atoms with Crippen LogP contribution in [0.2, 0.25) is 0 Å². The van der Waals surface area contributed by atoms with Crippen molar-refractivity contribution in [2.75, 3.05) is 6.54 Å². The summed E-state index contributed by atoms with van der Waals surface area (Å²) in [5.74, 6) is 0. The quantitative estimate of drug-likeness (QED) is 0.887. The van der Waals surface area contributed by atoms with Crippen LogP contribution in [0.15, 0.2) is 23.1 Å². The van der Waals surface area contributed by atoms with Crippen LogP contribution < -0.4 is 10.0 Å². The normalized spacial score (nSPS) is 24.4. The Labute approximate surface area is 115 Å². The molecule has 1 aliphatic rings. The lowest BCUT2D eigenvalue weighted by atomic mass is 10.0. The van der Waals surface area contributed by atoms with E-state index in [4.69, 9.17) is 0 Å². The minimum absolute atomic E-state index is 0.0274. The van der Waals surface area contributed by atoms with Gasteiger partial charge in [0.05, 0.1) is 4.90 Å². The van der Waals surface area contributed by atoms with E-state index in [1.807, 2.05) is 26.8 Å². The first-order valence-corrected chi connectivity index (χ1v) is 8.21. The molecule has 2 atom stereocenters. The van der Waals surface area contributed by atoms with Crippen LogP contribution in [0.5, 0.6) is 0 Å². The first-order valence-electron chi connectivity index (χ1n) is 6.73. The highest BCUT2D eigenvalue weighted by atomic mass is 32.2. The molecule has 4 nitrogen and oxygen atoms in total. The van der Waals surface area contributed by atoms with Crippen molar-refractivity contribution in [3.63, 3.8) is 0 Å². The smallest absolute Gasteiger partial charge is 0.240 e. The minimum Gasteiger partial charge on any atom is -0.313 e. The lowest BCUT2D eigenvalue weighted by Gasteiger charge is -2.30. The SMILES string of the molecule is Cc1ccc(S(=O)(=O)N[C@H]2CCCN[C@H]2C)cc1C. The van der Waals surface area contributed by atoms with Crippen molar-refractivity contribution in [3.05, 3.63) is 29.3 Å². The Morgan fingerprint density at radius 2 is 2.00 bits per heavy atom. The second-order valence-corrected chi connectivity index (χ2v) is 7.07. The number of rotatable bonds is 3. The number of hydrogen-bond donors (Lipinski definition) is 2. The van der Waals surface area contributed by atoms with Crippen LogP contribution in [0.1, 0.15) is 30.9 Å². The van der Waals surface area contributed by atoms with Gasteiger partial charge in [0.15, 0.2) is 0 Å². The fourth-order valence-corrected chi connectivity index (χ4v) is 3.79. The first kappa shape index (κ1) is 14.5. The molecule has 1 aliphatic heterocycles. The maximum Gasteiger partial charge on any atom is 0.240 e. The standard InChI is InChI=1S/C14H22N2O2S/c1-10-6-7-13(9-11(10)2)19(17,18)16-14-5-4-8-15-12(14)3/h6-7,9,12,14-16H,4-5,8H2,1-3H3/t12-,14-/m0/s1. The zero-order valence-corrected chi connectivity index (χ0v) is 12.5. The molecule has 1 saturated heterocycles. The van der Waals surface area contributed by atoms with Crippen molar-refractivity contribution < 1.29 is 8.42 Å². The van der Waals surface area contributed by atoms with E-state index in [-0.39, 0.29) is 12.1 Å². The highest BCUT2D eigenvalue weighted by Gasteiger charge is 2.26. The first-order chi connectivity index (χ1) is 8.90.